The summed E-state index contributed by atoms with van der Waals surface area (Å²) in [6.07, 6.45) is 1.52. The standard InChI is InChI=1S/C22H27BN2O5S/c1-7-24-19(26)13-12-18-20(24)17(23-29-21(3,4)22(5,6)30-23)14-25(18)31(27,28)16-10-8-15(2)9-11-16/h8-14H,7H2,1-6H3. The number of rotatable bonds is 4. The van der Waals surface area contributed by atoms with Gasteiger partial charge in [0.25, 0.3) is 15.6 Å². The Morgan fingerprint density at radius 2 is 1.55 bits per heavy atom. The Labute approximate surface area is 182 Å². The first kappa shape index (κ1) is 21.9. The number of nitrogens with zero attached hydrogens (tertiary/aromatic N) is 2. The van der Waals surface area contributed by atoms with E-state index in [2.05, 4.69) is 0 Å². The van der Waals surface area contributed by atoms with Gasteiger partial charge in [0.1, 0.15) is 0 Å². The highest BCUT2D eigenvalue weighted by atomic mass is 32.2. The van der Waals surface area contributed by atoms with Gasteiger partial charge in [-0.05, 0) is 59.7 Å². The van der Waals surface area contributed by atoms with E-state index in [-0.39, 0.29) is 10.5 Å². The van der Waals surface area contributed by atoms with Crippen molar-refractivity contribution >= 4 is 33.6 Å². The molecule has 164 valence electrons. The van der Waals surface area contributed by atoms with Crippen LogP contribution in [0.3, 0.4) is 0 Å². The van der Waals surface area contributed by atoms with Crippen molar-refractivity contribution in [3.8, 4) is 0 Å². The maximum absolute atomic E-state index is 13.5. The minimum atomic E-state index is -3.90. The molecule has 1 aliphatic heterocycles. The monoisotopic (exact) mass is 442 g/mol. The Morgan fingerprint density at radius 3 is 2.10 bits per heavy atom. The third-order valence-electron chi connectivity index (χ3n) is 6.33. The molecule has 3 aromatic rings. The van der Waals surface area contributed by atoms with Crippen molar-refractivity contribution in [2.75, 3.05) is 0 Å². The quantitative estimate of drug-likeness (QED) is 0.581. The van der Waals surface area contributed by atoms with E-state index in [9.17, 15) is 13.2 Å². The number of fused-ring (bicyclic) bond motifs is 1. The van der Waals surface area contributed by atoms with Gasteiger partial charge in [-0.25, -0.2) is 12.4 Å². The van der Waals surface area contributed by atoms with Crippen molar-refractivity contribution in [2.45, 2.75) is 64.2 Å². The summed E-state index contributed by atoms with van der Waals surface area (Å²) < 4.78 is 42.2. The van der Waals surface area contributed by atoms with Crippen molar-refractivity contribution in [3.05, 3.63) is 58.5 Å². The van der Waals surface area contributed by atoms with Gasteiger partial charge in [0.05, 0.1) is 27.1 Å². The molecule has 9 heteroatoms. The lowest BCUT2D eigenvalue weighted by Crippen LogP contribution is -2.41. The highest BCUT2D eigenvalue weighted by Gasteiger charge is 2.53. The number of pyridine rings is 1. The van der Waals surface area contributed by atoms with E-state index < -0.39 is 28.3 Å². The van der Waals surface area contributed by atoms with Crippen LogP contribution in [-0.4, -0.2) is 35.3 Å². The summed E-state index contributed by atoms with van der Waals surface area (Å²) in [5.41, 5.74) is 0.981. The van der Waals surface area contributed by atoms with Crippen LogP contribution in [0.4, 0.5) is 0 Å². The highest BCUT2D eigenvalue weighted by molar-refractivity contribution is 7.90. The summed E-state index contributed by atoms with van der Waals surface area (Å²) in [5.74, 6) is 0. The van der Waals surface area contributed by atoms with Gasteiger partial charge in [-0.2, -0.15) is 0 Å². The van der Waals surface area contributed by atoms with E-state index in [4.69, 9.17) is 9.31 Å². The average molecular weight is 442 g/mol. The Balaban J connectivity index is 1.99. The van der Waals surface area contributed by atoms with Crippen LogP contribution in [0.25, 0.3) is 11.0 Å². The summed E-state index contributed by atoms with van der Waals surface area (Å²) in [4.78, 5) is 12.7. The molecule has 0 spiro atoms. The molecular weight excluding hydrogens is 415 g/mol. The van der Waals surface area contributed by atoms with Crippen LogP contribution in [0.15, 0.2) is 52.3 Å². The summed E-state index contributed by atoms with van der Waals surface area (Å²) in [6.45, 7) is 11.9. The van der Waals surface area contributed by atoms with Gasteiger partial charge in [-0.1, -0.05) is 17.7 Å². The van der Waals surface area contributed by atoms with Gasteiger partial charge in [-0.15, -0.1) is 0 Å². The molecule has 4 rings (SSSR count). The molecule has 0 saturated carbocycles. The molecule has 0 atom stereocenters. The Bertz CT molecular complexity index is 1300. The third kappa shape index (κ3) is 3.35. The summed E-state index contributed by atoms with van der Waals surface area (Å²) >= 11 is 0. The van der Waals surface area contributed by atoms with Crippen LogP contribution in [0.5, 0.6) is 0 Å². The van der Waals surface area contributed by atoms with Crippen LogP contribution >= 0.6 is 0 Å². The molecule has 1 aliphatic rings. The average Bonchev–Trinajstić information content (AvgIpc) is 3.17. The lowest BCUT2D eigenvalue weighted by atomic mass is 9.80. The molecule has 0 N–H and O–H groups in total. The Kier molecular flexibility index (Phi) is 4.99. The normalized spacial score (nSPS) is 18.1. The SMILES string of the molecule is CCn1c(=O)ccc2c1c(B1OC(C)(C)C(C)(C)O1)cn2S(=O)(=O)c1ccc(C)cc1. The molecule has 0 radical (unpaired) electrons. The number of hydrogen-bond acceptors (Lipinski definition) is 5. The zero-order valence-corrected chi connectivity index (χ0v) is 19.5. The van der Waals surface area contributed by atoms with Gasteiger partial charge in [-0.3, -0.25) is 4.79 Å². The van der Waals surface area contributed by atoms with E-state index >= 15 is 0 Å². The predicted octanol–water partition coefficient (Wildman–Crippen LogP) is 2.67. The van der Waals surface area contributed by atoms with Crippen molar-refractivity contribution in [1.29, 1.82) is 0 Å². The van der Waals surface area contributed by atoms with Gasteiger partial charge < -0.3 is 13.9 Å². The van der Waals surface area contributed by atoms with Crippen molar-refractivity contribution < 1.29 is 17.7 Å². The van der Waals surface area contributed by atoms with Gasteiger partial charge in [0, 0.05) is 24.3 Å². The second-order valence-electron chi connectivity index (χ2n) is 8.94. The maximum atomic E-state index is 13.5. The van der Waals surface area contributed by atoms with E-state index in [1.165, 1.54) is 16.2 Å². The third-order valence-corrected chi connectivity index (χ3v) is 8.02. The number of benzene rings is 1. The zero-order chi connectivity index (χ0) is 22.8. The smallest absolute Gasteiger partial charge is 0.399 e. The molecule has 1 saturated heterocycles. The maximum Gasteiger partial charge on any atom is 0.498 e. The first-order chi connectivity index (χ1) is 14.4. The molecule has 31 heavy (non-hydrogen) atoms. The Hall–Kier alpha value is -2.36. The zero-order valence-electron chi connectivity index (χ0n) is 18.7. The second-order valence-corrected chi connectivity index (χ2v) is 10.8. The number of aromatic nitrogens is 2. The minimum Gasteiger partial charge on any atom is -0.399 e. The van der Waals surface area contributed by atoms with E-state index in [0.717, 1.165) is 5.56 Å². The summed E-state index contributed by atoms with van der Waals surface area (Å²) in [6, 6.07) is 9.62. The molecule has 0 aliphatic carbocycles. The lowest BCUT2D eigenvalue weighted by Gasteiger charge is -2.32. The highest BCUT2D eigenvalue weighted by Crippen LogP contribution is 2.37. The van der Waals surface area contributed by atoms with Crippen LogP contribution in [0.1, 0.15) is 40.2 Å². The Morgan fingerprint density at radius 1 is 0.968 bits per heavy atom. The molecule has 2 aromatic heterocycles. The summed E-state index contributed by atoms with van der Waals surface area (Å²) in [5, 5.41) is 0. The van der Waals surface area contributed by atoms with E-state index in [1.807, 2.05) is 41.5 Å². The molecule has 0 unspecified atom stereocenters. The largest absolute Gasteiger partial charge is 0.498 e. The first-order valence-corrected chi connectivity index (χ1v) is 11.8. The van der Waals surface area contributed by atoms with Gasteiger partial charge in [0.2, 0.25) is 0 Å². The lowest BCUT2D eigenvalue weighted by molar-refractivity contribution is 0.00578. The van der Waals surface area contributed by atoms with Crippen molar-refractivity contribution in [3.63, 3.8) is 0 Å². The van der Waals surface area contributed by atoms with Crippen LogP contribution in [0, 0.1) is 6.92 Å². The molecule has 1 aromatic carbocycles. The van der Waals surface area contributed by atoms with Gasteiger partial charge >= 0.3 is 7.12 Å². The van der Waals surface area contributed by atoms with Gasteiger partial charge in [0.15, 0.2) is 0 Å². The van der Waals surface area contributed by atoms with Crippen LogP contribution < -0.4 is 11.0 Å². The first-order valence-electron chi connectivity index (χ1n) is 10.3. The van der Waals surface area contributed by atoms with Crippen molar-refractivity contribution in [2.24, 2.45) is 0 Å². The molecule has 0 amide bonds. The fourth-order valence-corrected chi connectivity index (χ4v) is 5.15. The van der Waals surface area contributed by atoms with Crippen molar-refractivity contribution in [1.82, 2.24) is 8.54 Å². The van der Waals surface area contributed by atoms with E-state index in [1.54, 1.807) is 34.9 Å². The predicted molar refractivity (Wildman–Crippen MR) is 121 cm³/mol. The molecule has 3 heterocycles. The molecule has 1 fully saturated rings. The van der Waals surface area contributed by atoms with Crippen LogP contribution in [-0.2, 0) is 25.9 Å². The molecule has 0 bridgehead atoms. The molecular formula is C22H27BN2O5S. The topological polar surface area (TPSA) is 79.5 Å². The minimum absolute atomic E-state index is 0.171. The fraction of sp³-hybridized carbons (Fsp3) is 0.409. The summed E-state index contributed by atoms with van der Waals surface area (Å²) in [7, 11) is -4.70. The fourth-order valence-electron chi connectivity index (χ4n) is 3.79. The second kappa shape index (κ2) is 7.08. The molecule has 7 nitrogen and oxygen atoms in total. The number of aryl methyl sites for hydroxylation is 2. The van der Waals surface area contributed by atoms with E-state index in [0.29, 0.717) is 23.0 Å². The number of hydrogen-bond donors (Lipinski definition) is 0. The van der Waals surface area contributed by atoms with Crippen LogP contribution in [0.2, 0.25) is 0 Å².